The number of carbonyl (C=O) groups is 1. The lowest BCUT2D eigenvalue weighted by Crippen LogP contribution is -2.45. The molecule has 0 saturated heterocycles. The second kappa shape index (κ2) is 5.99. The van der Waals surface area contributed by atoms with Crippen molar-refractivity contribution in [1.82, 2.24) is 10.3 Å². The number of fused-ring (bicyclic) bond motifs is 4. The molecular weight excluding hydrogens is 324 g/mol. The second-order valence-corrected chi connectivity index (χ2v) is 7.32. The molecule has 0 fully saturated rings. The number of aryl methyl sites for hydroxylation is 2. The fraction of sp³-hybridized carbons (Fsp3) is 0.318. The van der Waals surface area contributed by atoms with Crippen molar-refractivity contribution in [2.24, 2.45) is 0 Å². The van der Waals surface area contributed by atoms with Crippen LogP contribution in [0.4, 0.5) is 0 Å². The van der Waals surface area contributed by atoms with Crippen LogP contribution in [0.5, 0.6) is 0 Å². The lowest BCUT2D eigenvalue weighted by atomic mass is 9.89. The highest BCUT2D eigenvalue weighted by molar-refractivity contribution is 5.87. The number of esters is 1. The van der Waals surface area contributed by atoms with E-state index in [0.717, 1.165) is 11.9 Å². The third-order valence-corrected chi connectivity index (χ3v) is 5.85. The number of aromatic nitrogens is 1. The Bertz CT molecular complexity index is 1000. The first-order valence-electron chi connectivity index (χ1n) is 9.29. The molecule has 1 aromatic heterocycles. The molecular formula is C22H22N2O2. The Morgan fingerprint density at radius 1 is 1.12 bits per heavy atom. The number of methoxy groups -OCH3 is 1. The minimum Gasteiger partial charge on any atom is -0.468 e. The van der Waals surface area contributed by atoms with E-state index in [1.807, 2.05) is 6.07 Å². The van der Waals surface area contributed by atoms with E-state index in [0.29, 0.717) is 6.42 Å². The molecule has 0 radical (unpaired) electrons. The van der Waals surface area contributed by atoms with Gasteiger partial charge >= 0.3 is 5.97 Å². The molecule has 4 heteroatoms. The normalized spacial score (nSPS) is 21.4. The van der Waals surface area contributed by atoms with Crippen LogP contribution in [0.25, 0.3) is 10.9 Å². The van der Waals surface area contributed by atoms with Crippen molar-refractivity contribution in [3.05, 3.63) is 70.4 Å². The number of H-pyrrole nitrogens is 1. The quantitative estimate of drug-likeness (QED) is 0.699. The Hall–Kier alpha value is -2.59. The highest BCUT2D eigenvalue weighted by Crippen LogP contribution is 2.36. The van der Waals surface area contributed by atoms with Gasteiger partial charge in [-0.15, -0.1) is 0 Å². The van der Waals surface area contributed by atoms with Crippen molar-refractivity contribution < 1.29 is 9.53 Å². The predicted octanol–water partition coefficient (Wildman–Crippen LogP) is 3.43. The van der Waals surface area contributed by atoms with Crippen molar-refractivity contribution in [3.63, 3.8) is 0 Å². The van der Waals surface area contributed by atoms with Gasteiger partial charge in [0.2, 0.25) is 0 Å². The molecule has 4 nitrogen and oxygen atoms in total. The zero-order valence-electron chi connectivity index (χ0n) is 14.8. The molecule has 1 aliphatic heterocycles. The molecule has 0 amide bonds. The predicted molar refractivity (Wildman–Crippen MR) is 101 cm³/mol. The summed E-state index contributed by atoms with van der Waals surface area (Å²) >= 11 is 0. The van der Waals surface area contributed by atoms with Gasteiger partial charge in [-0.2, -0.15) is 0 Å². The van der Waals surface area contributed by atoms with Gasteiger partial charge in [0.05, 0.1) is 13.2 Å². The molecule has 2 atom stereocenters. The first-order chi connectivity index (χ1) is 12.7. The standard InChI is InChI=1S/C22H22N2O2/c1-26-22(25)19-12-17-16-7-2-3-8-18(16)23-21(17)20(24-19)15-10-9-13-5-4-6-14(13)11-15/h2-3,7-11,19-20,23-24H,4-6,12H2,1H3. The summed E-state index contributed by atoms with van der Waals surface area (Å²) in [6.45, 7) is 0. The van der Waals surface area contributed by atoms with E-state index >= 15 is 0 Å². The van der Waals surface area contributed by atoms with Crippen LogP contribution >= 0.6 is 0 Å². The summed E-state index contributed by atoms with van der Waals surface area (Å²) in [6.07, 6.45) is 4.21. The van der Waals surface area contributed by atoms with Crippen LogP contribution < -0.4 is 5.32 Å². The molecule has 2 unspecified atom stereocenters. The number of para-hydroxylation sites is 1. The zero-order chi connectivity index (χ0) is 17.7. The molecule has 3 aromatic rings. The van der Waals surface area contributed by atoms with Crippen LogP contribution in [-0.4, -0.2) is 24.1 Å². The largest absolute Gasteiger partial charge is 0.468 e. The maximum atomic E-state index is 12.3. The van der Waals surface area contributed by atoms with Gasteiger partial charge in [0.15, 0.2) is 0 Å². The average Bonchev–Trinajstić information content (AvgIpc) is 3.30. The Morgan fingerprint density at radius 3 is 2.85 bits per heavy atom. The second-order valence-electron chi connectivity index (χ2n) is 7.32. The fourth-order valence-electron chi connectivity index (χ4n) is 4.56. The van der Waals surface area contributed by atoms with Crippen LogP contribution in [0.3, 0.4) is 0 Å². The van der Waals surface area contributed by atoms with Crippen LogP contribution in [-0.2, 0) is 28.8 Å². The van der Waals surface area contributed by atoms with Gasteiger partial charge in [-0.1, -0.05) is 36.4 Å². The van der Waals surface area contributed by atoms with Crippen LogP contribution in [0, 0.1) is 0 Å². The molecule has 26 heavy (non-hydrogen) atoms. The molecule has 0 saturated carbocycles. The SMILES string of the molecule is COC(=O)C1Cc2c([nH]c3ccccc23)C(c2ccc3c(c2)CCC3)N1. The highest BCUT2D eigenvalue weighted by atomic mass is 16.5. The number of carbonyl (C=O) groups excluding carboxylic acids is 1. The molecule has 0 bridgehead atoms. The minimum absolute atomic E-state index is 0.0267. The van der Waals surface area contributed by atoms with E-state index < -0.39 is 0 Å². The van der Waals surface area contributed by atoms with Crippen LogP contribution in [0.2, 0.25) is 0 Å². The highest BCUT2D eigenvalue weighted by Gasteiger charge is 2.34. The average molecular weight is 346 g/mol. The van der Waals surface area contributed by atoms with Crippen molar-refractivity contribution in [1.29, 1.82) is 0 Å². The summed E-state index contributed by atoms with van der Waals surface area (Å²) in [5.41, 5.74) is 7.64. The number of nitrogens with one attached hydrogen (secondary N) is 2. The van der Waals surface area contributed by atoms with Crippen LogP contribution in [0.1, 0.15) is 40.4 Å². The summed E-state index contributed by atoms with van der Waals surface area (Å²) in [5.74, 6) is -0.202. The summed E-state index contributed by atoms with van der Waals surface area (Å²) in [6, 6.07) is 14.7. The number of aromatic amines is 1. The summed E-state index contributed by atoms with van der Waals surface area (Å²) in [4.78, 5) is 15.9. The molecule has 2 N–H and O–H groups in total. The number of hydrogen-bond acceptors (Lipinski definition) is 3. The van der Waals surface area contributed by atoms with E-state index in [1.54, 1.807) is 0 Å². The fourth-order valence-corrected chi connectivity index (χ4v) is 4.56. The monoisotopic (exact) mass is 346 g/mol. The summed E-state index contributed by atoms with van der Waals surface area (Å²) < 4.78 is 5.04. The summed E-state index contributed by atoms with van der Waals surface area (Å²) in [7, 11) is 1.46. The maximum absolute atomic E-state index is 12.3. The smallest absolute Gasteiger partial charge is 0.323 e. The third kappa shape index (κ3) is 2.36. The topological polar surface area (TPSA) is 54.1 Å². The number of ether oxygens (including phenoxy) is 1. The molecule has 2 aromatic carbocycles. The molecule has 2 heterocycles. The lowest BCUT2D eigenvalue weighted by molar-refractivity contribution is -0.143. The van der Waals surface area contributed by atoms with Crippen LogP contribution in [0.15, 0.2) is 42.5 Å². The van der Waals surface area contributed by atoms with Gasteiger partial charge in [-0.3, -0.25) is 10.1 Å². The number of hydrogen-bond donors (Lipinski definition) is 2. The Morgan fingerprint density at radius 2 is 1.96 bits per heavy atom. The van der Waals surface area contributed by atoms with Gasteiger partial charge in [0, 0.05) is 23.0 Å². The maximum Gasteiger partial charge on any atom is 0.323 e. The molecule has 132 valence electrons. The van der Waals surface area contributed by atoms with Crippen molar-refractivity contribution in [2.75, 3.05) is 7.11 Å². The molecule has 5 rings (SSSR count). The Kier molecular flexibility index (Phi) is 3.61. The molecule has 1 aliphatic carbocycles. The zero-order valence-corrected chi connectivity index (χ0v) is 14.8. The van der Waals surface area contributed by atoms with E-state index in [2.05, 4.69) is 46.7 Å². The Labute approximate surface area is 152 Å². The first-order valence-corrected chi connectivity index (χ1v) is 9.29. The van der Waals surface area contributed by atoms with E-state index in [4.69, 9.17) is 4.74 Å². The third-order valence-electron chi connectivity index (χ3n) is 5.85. The molecule has 0 spiro atoms. The van der Waals surface area contributed by atoms with Gasteiger partial charge in [0.1, 0.15) is 6.04 Å². The van der Waals surface area contributed by atoms with Crippen molar-refractivity contribution in [2.45, 2.75) is 37.8 Å². The van der Waals surface area contributed by atoms with E-state index in [1.165, 1.54) is 53.3 Å². The molecule has 2 aliphatic rings. The summed E-state index contributed by atoms with van der Waals surface area (Å²) in [5, 5.41) is 4.72. The lowest BCUT2D eigenvalue weighted by Gasteiger charge is -2.30. The van der Waals surface area contributed by atoms with Gasteiger partial charge in [0.25, 0.3) is 0 Å². The van der Waals surface area contributed by atoms with Crippen molar-refractivity contribution >= 4 is 16.9 Å². The van der Waals surface area contributed by atoms with Crippen molar-refractivity contribution in [3.8, 4) is 0 Å². The van der Waals surface area contributed by atoms with Gasteiger partial charge < -0.3 is 9.72 Å². The Balaban J connectivity index is 1.65. The van der Waals surface area contributed by atoms with E-state index in [9.17, 15) is 4.79 Å². The number of rotatable bonds is 2. The minimum atomic E-state index is -0.329. The van der Waals surface area contributed by atoms with Gasteiger partial charge in [-0.25, -0.2) is 0 Å². The van der Waals surface area contributed by atoms with E-state index in [-0.39, 0.29) is 18.1 Å². The first kappa shape index (κ1) is 15.6. The number of benzene rings is 2. The van der Waals surface area contributed by atoms with Gasteiger partial charge in [-0.05, 0) is 47.6 Å².